The fourth-order valence-corrected chi connectivity index (χ4v) is 4.15. The van der Waals surface area contributed by atoms with E-state index in [2.05, 4.69) is 18.9 Å². The van der Waals surface area contributed by atoms with E-state index in [-0.39, 0.29) is 18.0 Å². The smallest absolute Gasteiger partial charge is 0.291 e. The molecule has 7 heteroatoms. The van der Waals surface area contributed by atoms with Gasteiger partial charge in [-0.2, -0.15) is 5.10 Å². The van der Waals surface area contributed by atoms with Crippen molar-refractivity contribution in [2.45, 2.75) is 40.2 Å². The van der Waals surface area contributed by atoms with E-state index in [4.69, 9.17) is 4.42 Å². The Bertz CT molecular complexity index is 1020. The Hall–Kier alpha value is -2.57. The number of hydrogen-bond donors (Lipinski definition) is 0. The Morgan fingerprint density at radius 1 is 1.27 bits per heavy atom. The molecule has 3 aromatic rings. The second-order valence-corrected chi connectivity index (χ2v) is 7.51. The Morgan fingerprint density at radius 2 is 2.00 bits per heavy atom. The average molecular weight is 356 g/mol. The molecule has 1 aliphatic heterocycles. The van der Waals surface area contributed by atoms with Gasteiger partial charge in [-0.05, 0) is 18.3 Å². The fraction of sp³-hybridized carbons (Fsp3) is 0.526. The zero-order valence-corrected chi connectivity index (χ0v) is 15.4. The zero-order valence-electron chi connectivity index (χ0n) is 15.4. The molecule has 0 spiro atoms. The van der Waals surface area contributed by atoms with Gasteiger partial charge in [-0.25, -0.2) is 4.68 Å². The Morgan fingerprint density at radius 3 is 2.69 bits per heavy atom. The van der Waals surface area contributed by atoms with Crippen molar-refractivity contribution in [2.24, 2.45) is 11.8 Å². The van der Waals surface area contributed by atoms with Gasteiger partial charge < -0.3 is 9.32 Å². The molecule has 4 heterocycles. The van der Waals surface area contributed by atoms with Crippen LogP contribution in [0.4, 0.5) is 0 Å². The minimum Gasteiger partial charge on any atom is -0.463 e. The number of furan rings is 1. The lowest BCUT2D eigenvalue weighted by atomic mass is 9.92. The Labute approximate surface area is 151 Å². The van der Waals surface area contributed by atoms with Crippen molar-refractivity contribution >= 4 is 22.5 Å². The lowest BCUT2D eigenvalue weighted by Gasteiger charge is -2.35. The highest BCUT2D eigenvalue weighted by atomic mass is 16.3. The lowest BCUT2D eigenvalue weighted by molar-refractivity contribution is -0.134. The molecule has 1 saturated heterocycles. The zero-order chi connectivity index (χ0) is 18.4. The van der Waals surface area contributed by atoms with Gasteiger partial charge in [0.15, 0.2) is 5.58 Å². The van der Waals surface area contributed by atoms with Gasteiger partial charge in [0.1, 0.15) is 17.9 Å². The summed E-state index contributed by atoms with van der Waals surface area (Å²) in [5.41, 5.74) is 1.72. The molecule has 0 N–H and O–H groups in total. The monoisotopic (exact) mass is 356 g/mol. The second kappa shape index (κ2) is 6.30. The molecular formula is C19H24N4O3. The highest BCUT2D eigenvalue weighted by Crippen LogP contribution is 2.22. The van der Waals surface area contributed by atoms with E-state index in [1.54, 1.807) is 12.3 Å². The van der Waals surface area contributed by atoms with E-state index in [0.717, 1.165) is 30.9 Å². The topological polar surface area (TPSA) is 72.8 Å². The maximum absolute atomic E-state index is 12.9. The van der Waals surface area contributed by atoms with E-state index >= 15 is 0 Å². The van der Waals surface area contributed by atoms with Gasteiger partial charge in [-0.1, -0.05) is 20.8 Å². The minimum atomic E-state index is -0.264. The maximum Gasteiger partial charge on any atom is 0.291 e. The molecule has 2 atom stereocenters. The van der Waals surface area contributed by atoms with Crippen LogP contribution in [0.3, 0.4) is 0 Å². The molecular weight excluding hydrogens is 332 g/mol. The summed E-state index contributed by atoms with van der Waals surface area (Å²) in [5, 5.41) is 4.47. The molecule has 1 fully saturated rings. The standard InChI is InChI=1S/C19H24N4O3/c1-4-17-20-22(11-18(24)21-9-12(2)7-13(3)10-21)19(25)15-8-16-14(23(15)17)5-6-26-16/h5-6,8,12-13H,4,7,9-11H2,1-3H3/t12-,13+. The van der Waals surface area contributed by atoms with E-state index in [1.807, 2.05) is 22.3 Å². The minimum absolute atomic E-state index is 0.0195. The summed E-state index contributed by atoms with van der Waals surface area (Å²) >= 11 is 0. The number of fused-ring (bicyclic) bond motifs is 3. The number of piperidine rings is 1. The van der Waals surface area contributed by atoms with Crippen molar-refractivity contribution < 1.29 is 9.21 Å². The summed E-state index contributed by atoms with van der Waals surface area (Å²) in [5.74, 6) is 1.67. The molecule has 1 aliphatic rings. The maximum atomic E-state index is 12.9. The van der Waals surface area contributed by atoms with Crippen molar-refractivity contribution in [1.82, 2.24) is 19.1 Å². The summed E-state index contributed by atoms with van der Waals surface area (Å²) < 4.78 is 8.56. The number of nitrogens with zero attached hydrogens (tertiary/aromatic N) is 4. The molecule has 3 aromatic heterocycles. The molecule has 0 aromatic carbocycles. The third kappa shape index (κ3) is 2.71. The van der Waals surface area contributed by atoms with Gasteiger partial charge >= 0.3 is 0 Å². The fourth-order valence-electron chi connectivity index (χ4n) is 4.15. The molecule has 26 heavy (non-hydrogen) atoms. The Kier molecular flexibility index (Phi) is 4.09. The number of carbonyl (C=O) groups excluding carboxylic acids is 1. The van der Waals surface area contributed by atoms with Crippen LogP contribution in [-0.2, 0) is 17.8 Å². The predicted octanol–water partition coefficient (Wildman–Crippen LogP) is 2.31. The van der Waals surface area contributed by atoms with E-state index < -0.39 is 0 Å². The average Bonchev–Trinajstić information content (AvgIpc) is 3.18. The molecule has 0 aliphatic carbocycles. The van der Waals surface area contributed by atoms with Gasteiger partial charge in [0, 0.05) is 31.6 Å². The molecule has 0 radical (unpaired) electrons. The molecule has 1 amide bonds. The van der Waals surface area contributed by atoms with E-state index in [0.29, 0.717) is 29.4 Å². The van der Waals surface area contributed by atoms with Crippen molar-refractivity contribution in [3.05, 3.63) is 34.6 Å². The summed E-state index contributed by atoms with van der Waals surface area (Å²) in [6, 6.07) is 3.55. The first-order valence-corrected chi connectivity index (χ1v) is 9.24. The van der Waals surface area contributed by atoms with Crippen LogP contribution in [-0.4, -0.2) is 38.1 Å². The summed E-state index contributed by atoms with van der Waals surface area (Å²) in [6.45, 7) is 7.79. The van der Waals surface area contributed by atoms with E-state index in [9.17, 15) is 9.59 Å². The van der Waals surface area contributed by atoms with Gasteiger partial charge in [0.05, 0.1) is 11.8 Å². The number of aryl methyl sites for hydroxylation is 1. The number of carbonyl (C=O) groups is 1. The van der Waals surface area contributed by atoms with Crippen LogP contribution in [0, 0.1) is 11.8 Å². The SMILES string of the molecule is CCc1nn(CC(=O)N2C[C@H](C)C[C@H](C)C2)c(=O)c2cc3occc3n12. The van der Waals surface area contributed by atoms with Crippen LogP contribution in [0.25, 0.3) is 16.6 Å². The van der Waals surface area contributed by atoms with Crippen LogP contribution in [0.2, 0.25) is 0 Å². The van der Waals surface area contributed by atoms with Gasteiger partial charge in [-0.3, -0.25) is 14.0 Å². The highest BCUT2D eigenvalue weighted by Gasteiger charge is 2.26. The third-order valence-corrected chi connectivity index (χ3v) is 5.19. The lowest BCUT2D eigenvalue weighted by Crippen LogP contribution is -2.45. The van der Waals surface area contributed by atoms with Gasteiger partial charge in [0.25, 0.3) is 5.56 Å². The molecule has 0 bridgehead atoms. The van der Waals surface area contributed by atoms with Crippen molar-refractivity contribution in [1.29, 1.82) is 0 Å². The molecule has 0 saturated carbocycles. The Balaban J connectivity index is 1.71. The first-order valence-electron chi connectivity index (χ1n) is 9.24. The largest absolute Gasteiger partial charge is 0.463 e. The summed E-state index contributed by atoms with van der Waals surface area (Å²) in [4.78, 5) is 27.5. The van der Waals surface area contributed by atoms with Gasteiger partial charge in [-0.15, -0.1) is 0 Å². The number of amides is 1. The first-order chi connectivity index (χ1) is 12.5. The number of rotatable bonds is 3. The van der Waals surface area contributed by atoms with Crippen molar-refractivity contribution in [3.63, 3.8) is 0 Å². The van der Waals surface area contributed by atoms with E-state index in [1.165, 1.54) is 4.68 Å². The number of likely N-dealkylation sites (tertiary alicyclic amines) is 1. The molecule has 0 unspecified atom stereocenters. The van der Waals surface area contributed by atoms with Crippen LogP contribution >= 0.6 is 0 Å². The third-order valence-electron chi connectivity index (χ3n) is 5.19. The van der Waals surface area contributed by atoms with Gasteiger partial charge in [0.2, 0.25) is 5.91 Å². The number of hydrogen-bond acceptors (Lipinski definition) is 4. The quantitative estimate of drug-likeness (QED) is 0.722. The van der Waals surface area contributed by atoms with Crippen LogP contribution in [0.15, 0.2) is 27.6 Å². The molecule has 138 valence electrons. The van der Waals surface area contributed by atoms with Crippen LogP contribution < -0.4 is 5.56 Å². The summed E-state index contributed by atoms with van der Waals surface area (Å²) in [7, 11) is 0. The van der Waals surface area contributed by atoms with Crippen LogP contribution in [0.1, 0.15) is 33.0 Å². The molecule has 7 nitrogen and oxygen atoms in total. The first kappa shape index (κ1) is 16.9. The normalized spacial score (nSPS) is 21.0. The highest BCUT2D eigenvalue weighted by molar-refractivity contribution is 5.82. The van der Waals surface area contributed by atoms with Crippen molar-refractivity contribution in [2.75, 3.05) is 13.1 Å². The summed E-state index contributed by atoms with van der Waals surface area (Å²) in [6.07, 6.45) is 3.39. The van der Waals surface area contributed by atoms with Crippen molar-refractivity contribution in [3.8, 4) is 0 Å². The predicted molar refractivity (Wildman–Crippen MR) is 98.1 cm³/mol. The van der Waals surface area contributed by atoms with Crippen LogP contribution in [0.5, 0.6) is 0 Å². The number of aromatic nitrogens is 3. The molecule has 4 rings (SSSR count). The second-order valence-electron chi connectivity index (χ2n) is 7.51.